The fourth-order valence-electron chi connectivity index (χ4n) is 3.06. The van der Waals surface area contributed by atoms with Gasteiger partial charge in [0.1, 0.15) is 0 Å². The molecule has 1 saturated heterocycles. The molecule has 3 rings (SSSR count). The average Bonchev–Trinajstić information content (AvgIpc) is 3.08. The Morgan fingerprint density at radius 3 is 2.60 bits per heavy atom. The van der Waals surface area contributed by atoms with Gasteiger partial charge in [0.15, 0.2) is 0 Å². The van der Waals surface area contributed by atoms with E-state index in [1.165, 1.54) is 25.7 Å². The molecule has 15 heavy (non-hydrogen) atoms. The summed E-state index contributed by atoms with van der Waals surface area (Å²) in [7, 11) is 0. The standard InChI is InChI=1S/C12H19NO2/c14-7-9-5-11(15)13(6-9)8-12(3-4-12)10-1-2-10/h9-10,14H,1-8H2. The maximum absolute atomic E-state index is 11.7. The van der Waals surface area contributed by atoms with Crippen LogP contribution in [0.15, 0.2) is 0 Å². The summed E-state index contributed by atoms with van der Waals surface area (Å²) in [6, 6.07) is 0. The molecule has 0 aromatic rings. The molecule has 1 aliphatic heterocycles. The highest BCUT2D eigenvalue weighted by Crippen LogP contribution is 2.61. The van der Waals surface area contributed by atoms with Gasteiger partial charge in [-0.1, -0.05) is 0 Å². The number of hydrogen-bond acceptors (Lipinski definition) is 2. The van der Waals surface area contributed by atoms with Gasteiger partial charge >= 0.3 is 0 Å². The van der Waals surface area contributed by atoms with Crippen molar-refractivity contribution in [2.75, 3.05) is 19.7 Å². The molecular weight excluding hydrogens is 190 g/mol. The van der Waals surface area contributed by atoms with Crippen molar-refractivity contribution in [3.63, 3.8) is 0 Å². The van der Waals surface area contributed by atoms with Crippen molar-refractivity contribution >= 4 is 5.91 Å². The molecule has 0 bridgehead atoms. The first-order valence-corrected chi connectivity index (χ1v) is 6.12. The van der Waals surface area contributed by atoms with Crippen molar-refractivity contribution in [1.29, 1.82) is 0 Å². The minimum absolute atomic E-state index is 0.165. The van der Waals surface area contributed by atoms with Crippen LogP contribution in [0, 0.1) is 17.3 Å². The van der Waals surface area contributed by atoms with Crippen LogP contribution in [-0.2, 0) is 4.79 Å². The molecule has 1 heterocycles. The zero-order valence-electron chi connectivity index (χ0n) is 9.11. The second kappa shape index (κ2) is 3.21. The molecule has 0 aromatic carbocycles. The van der Waals surface area contributed by atoms with Gasteiger partial charge in [0.05, 0.1) is 0 Å². The Labute approximate surface area is 90.5 Å². The van der Waals surface area contributed by atoms with Crippen molar-refractivity contribution in [3.8, 4) is 0 Å². The van der Waals surface area contributed by atoms with Gasteiger partial charge < -0.3 is 10.0 Å². The number of amides is 1. The number of likely N-dealkylation sites (tertiary alicyclic amines) is 1. The Balaban J connectivity index is 1.61. The quantitative estimate of drug-likeness (QED) is 0.751. The van der Waals surface area contributed by atoms with Crippen LogP contribution in [0.2, 0.25) is 0 Å². The van der Waals surface area contributed by atoms with E-state index >= 15 is 0 Å². The summed E-state index contributed by atoms with van der Waals surface area (Å²) >= 11 is 0. The number of nitrogens with zero attached hydrogens (tertiary/aromatic N) is 1. The normalized spacial score (nSPS) is 33.5. The lowest BCUT2D eigenvalue weighted by Crippen LogP contribution is -2.33. The molecule has 3 nitrogen and oxygen atoms in total. The van der Waals surface area contributed by atoms with E-state index in [1.807, 2.05) is 4.90 Å². The monoisotopic (exact) mass is 209 g/mol. The number of hydrogen-bond donors (Lipinski definition) is 1. The molecule has 1 unspecified atom stereocenters. The molecular formula is C12H19NO2. The minimum atomic E-state index is 0.165. The first-order chi connectivity index (χ1) is 7.23. The number of aliphatic hydroxyl groups excluding tert-OH is 1. The predicted octanol–water partition coefficient (Wildman–Crippen LogP) is 1.02. The summed E-state index contributed by atoms with van der Waals surface area (Å²) < 4.78 is 0. The van der Waals surface area contributed by atoms with Crippen molar-refractivity contribution < 1.29 is 9.90 Å². The molecule has 3 aliphatic rings. The summed E-state index contributed by atoms with van der Waals surface area (Å²) in [4.78, 5) is 13.7. The molecule has 3 heteroatoms. The van der Waals surface area contributed by atoms with Crippen LogP contribution >= 0.6 is 0 Å². The molecule has 84 valence electrons. The van der Waals surface area contributed by atoms with Crippen molar-refractivity contribution in [2.24, 2.45) is 17.3 Å². The maximum atomic E-state index is 11.7. The van der Waals surface area contributed by atoms with E-state index in [-0.39, 0.29) is 18.4 Å². The fourth-order valence-corrected chi connectivity index (χ4v) is 3.06. The van der Waals surface area contributed by atoms with E-state index in [1.54, 1.807) is 0 Å². The predicted molar refractivity (Wildman–Crippen MR) is 56.2 cm³/mol. The van der Waals surface area contributed by atoms with Crippen LogP contribution in [0.4, 0.5) is 0 Å². The third kappa shape index (κ3) is 1.67. The van der Waals surface area contributed by atoms with Crippen LogP contribution in [0.1, 0.15) is 32.1 Å². The molecule has 0 spiro atoms. The van der Waals surface area contributed by atoms with Gasteiger partial charge in [-0.15, -0.1) is 0 Å². The SMILES string of the molecule is O=C1CC(CO)CN1CC1(C2CC2)CC1. The van der Waals surface area contributed by atoms with Crippen LogP contribution in [0.3, 0.4) is 0 Å². The van der Waals surface area contributed by atoms with E-state index in [0.29, 0.717) is 11.8 Å². The Morgan fingerprint density at radius 1 is 1.40 bits per heavy atom. The van der Waals surface area contributed by atoms with E-state index in [9.17, 15) is 4.79 Å². The van der Waals surface area contributed by atoms with Gasteiger partial charge in [0, 0.05) is 32.0 Å². The smallest absolute Gasteiger partial charge is 0.223 e. The number of rotatable bonds is 4. The first kappa shape index (κ1) is 9.64. The Morgan fingerprint density at radius 2 is 2.13 bits per heavy atom. The topological polar surface area (TPSA) is 40.5 Å². The zero-order valence-corrected chi connectivity index (χ0v) is 9.11. The third-order valence-corrected chi connectivity index (χ3v) is 4.39. The molecule has 0 radical (unpaired) electrons. The molecule has 1 amide bonds. The fraction of sp³-hybridized carbons (Fsp3) is 0.917. The van der Waals surface area contributed by atoms with Crippen molar-refractivity contribution in [2.45, 2.75) is 32.1 Å². The number of carbonyl (C=O) groups is 1. The molecule has 2 aliphatic carbocycles. The number of aliphatic hydroxyl groups is 1. The summed E-state index contributed by atoms with van der Waals surface area (Å²) in [5.74, 6) is 1.38. The average molecular weight is 209 g/mol. The lowest BCUT2D eigenvalue weighted by atomic mass is 10.00. The highest BCUT2D eigenvalue weighted by molar-refractivity contribution is 5.78. The Hall–Kier alpha value is -0.570. The highest BCUT2D eigenvalue weighted by Gasteiger charge is 2.55. The van der Waals surface area contributed by atoms with Crippen molar-refractivity contribution in [1.82, 2.24) is 4.90 Å². The van der Waals surface area contributed by atoms with Crippen LogP contribution in [0.5, 0.6) is 0 Å². The second-order valence-corrected chi connectivity index (χ2v) is 5.66. The number of carbonyl (C=O) groups excluding carboxylic acids is 1. The maximum Gasteiger partial charge on any atom is 0.223 e. The van der Waals surface area contributed by atoms with Crippen LogP contribution < -0.4 is 0 Å². The van der Waals surface area contributed by atoms with Crippen LogP contribution in [-0.4, -0.2) is 35.6 Å². The van der Waals surface area contributed by atoms with Gasteiger partial charge in [0.2, 0.25) is 5.91 Å². The lowest BCUT2D eigenvalue weighted by Gasteiger charge is -2.23. The molecule has 2 saturated carbocycles. The molecule has 1 atom stereocenters. The summed E-state index contributed by atoms with van der Waals surface area (Å²) in [6.45, 7) is 1.94. The highest BCUT2D eigenvalue weighted by atomic mass is 16.3. The largest absolute Gasteiger partial charge is 0.396 e. The summed E-state index contributed by atoms with van der Waals surface area (Å²) in [5, 5.41) is 9.06. The minimum Gasteiger partial charge on any atom is -0.396 e. The van der Waals surface area contributed by atoms with E-state index in [0.717, 1.165) is 19.0 Å². The zero-order chi connectivity index (χ0) is 10.5. The molecule has 1 N–H and O–H groups in total. The first-order valence-electron chi connectivity index (χ1n) is 6.12. The summed E-state index contributed by atoms with van der Waals surface area (Å²) in [5.41, 5.74) is 0.514. The Kier molecular flexibility index (Phi) is 2.06. The van der Waals surface area contributed by atoms with Gasteiger partial charge in [-0.3, -0.25) is 4.79 Å². The van der Waals surface area contributed by atoms with Gasteiger partial charge in [0.25, 0.3) is 0 Å². The van der Waals surface area contributed by atoms with E-state index in [4.69, 9.17) is 5.11 Å². The van der Waals surface area contributed by atoms with Crippen LogP contribution in [0.25, 0.3) is 0 Å². The summed E-state index contributed by atoms with van der Waals surface area (Å²) in [6.07, 6.45) is 5.98. The van der Waals surface area contributed by atoms with Gasteiger partial charge in [-0.05, 0) is 37.0 Å². The van der Waals surface area contributed by atoms with Crippen molar-refractivity contribution in [3.05, 3.63) is 0 Å². The molecule has 3 fully saturated rings. The van der Waals surface area contributed by atoms with Gasteiger partial charge in [-0.25, -0.2) is 0 Å². The van der Waals surface area contributed by atoms with E-state index < -0.39 is 0 Å². The lowest BCUT2D eigenvalue weighted by molar-refractivity contribution is -0.128. The van der Waals surface area contributed by atoms with Gasteiger partial charge in [-0.2, -0.15) is 0 Å². The molecule has 0 aromatic heterocycles. The third-order valence-electron chi connectivity index (χ3n) is 4.39. The second-order valence-electron chi connectivity index (χ2n) is 5.66. The Bertz CT molecular complexity index is 281. The van der Waals surface area contributed by atoms with E-state index in [2.05, 4.69) is 0 Å².